The number of carbonyl (C=O) groups is 3. The molecule has 0 bridgehead atoms. The molecule has 2 unspecified atom stereocenters. The van der Waals surface area contributed by atoms with Gasteiger partial charge in [0.25, 0.3) is 0 Å². The number of ketones is 3. The van der Waals surface area contributed by atoms with Gasteiger partial charge in [0.05, 0.1) is 5.92 Å². The van der Waals surface area contributed by atoms with Gasteiger partial charge in [0.15, 0.2) is 0 Å². The van der Waals surface area contributed by atoms with Crippen LogP contribution in [0.2, 0.25) is 0 Å². The van der Waals surface area contributed by atoms with E-state index in [4.69, 9.17) is 0 Å². The molecule has 0 aliphatic heterocycles. The van der Waals surface area contributed by atoms with Gasteiger partial charge in [-0.3, -0.25) is 14.4 Å². The van der Waals surface area contributed by atoms with E-state index in [2.05, 4.69) is 20.8 Å². The topological polar surface area (TPSA) is 51.2 Å². The van der Waals surface area contributed by atoms with Crippen LogP contribution in [0.15, 0.2) is 0 Å². The zero-order valence-electron chi connectivity index (χ0n) is 16.3. The fourth-order valence-electron chi connectivity index (χ4n) is 4.43. The smallest absolute Gasteiger partial charge is 0.147 e. The van der Waals surface area contributed by atoms with Gasteiger partial charge in [-0.15, -0.1) is 0 Å². The Bertz CT molecular complexity index is 510. The maximum absolute atomic E-state index is 12.7. The van der Waals surface area contributed by atoms with Gasteiger partial charge < -0.3 is 0 Å². The summed E-state index contributed by atoms with van der Waals surface area (Å²) in [6.45, 7) is 12.1. The molecule has 2 fully saturated rings. The molecule has 2 atom stereocenters. The van der Waals surface area contributed by atoms with Crippen LogP contribution in [0.3, 0.4) is 0 Å². The number of Topliss-reactive ketones (excluding diaryl/α,β-unsaturated/α-hetero) is 3. The fraction of sp³-hybridized carbons (Fsp3) is 0.857. The summed E-state index contributed by atoms with van der Waals surface area (Å²) in [7, 11) is 0. The molecule has 0 radical (unpaired) electrons. The van der Waals surface area contributed by atoms with Crippen molar-refractivity contribution in [1.29, 1.82) is 0 Å². The maximum atomic E-state index is 12.7. The van der Waals surface area contributed by atoms with Crippen molar-refractivity contribution in [2.45, 2.75) is 80.1 Å². The molecule has 0 aromatic carbocycles. The quantitative estimate of drug-likeness (QED) is 0.708. The van der Waals surface area contributed by atoms with Crippen LogP contribution in [0, 0.1) is 34.5 Å². The highest BCUT2D eigenvalue weighted by Crippen LogP contribution is 2.42. The fourth-order valence-corrected chi connectivity index (χ4v) is 4.43. The minimum absolute atomic E-state index is 0.117. The second kappa shape index (κ2) is 6.72. The van der Waals surface area contributed by atoms with Crippen molar-refractivity contribution < 1.29 is 14.4 Å². The SMILES string of the molecule is CC(C)(C)C(=O)C1CCC(CC2C(=O)CC(C(C)(C)C)C2=O)CC1. The predicted molar refractivity (Wildman–Crippen MR) is 95.6 cm³/mol. The molecule has 0 aromatic rings. The first-order chi connectivity index (χ1) is 10.9. The van der Waals surface area contributed by atoms with Crippen LogP contribution in [0.4, 0.5) is 0 Å². The molecule has 0 saturated heterocycles. The van der Waals surface area contributed by atoms with Gasteiger partial charge in [0.2, 0.25) is 0 Å². The zero-order valence-corrected chi connectivity index (χ0v) is 16.3. The highest BCUT2D eigenvalue weighted by molar-refractivity contribution is 6.10. The molecule has 3 heteroatoms. The van der Waals surface area contributed by atoms with Crippen molar-refractivity contribution in [3.63, 3.8) is 0 Å². The Labute approximate surface area is 147 Å². The van der Waals surface area contributed by atoms with E-state index >= 15 is 0 Å². The van der Waals surface area contributed by atoms with E-state index < -0.39 is 0 Å². The number of carbonyl (C=O) groups excluding carboxylic acids is 3. The highest BCUT2D eigenvalue weighted by atomic mass is 16.2. The lowest BCUT2D eigenvalue weighted by Crippen LogP contribution is -2.32. The average molecular weight is 335 g/mol. The van der Waals surface area contributed by atoms with Crippen LogP contribution in [0.5, 0.6) is 0 Å². The van der Waals surface area contributed by atoms with Crippen LogP contribution >= 0.6 is 0 Å². The first-order valence-corrected chi connectivity index (χ1v) is 9.52. The second-order valence-electron chi connectivity index (χ2n) is 10.1. The summed E-state index contributed by atoms with van der Waals surface area (Å²) in [6.07, 6.45) is 4.91. The monoisotopic (exact) mass is 334 g/mol. The third-order valence-corrected chi connectivity index (χ3v) is 6.05. The van der Waals surface area contributed by atoms with E-state index in [1.54, 1.807) is 0 Å². The molecule has 24 heavy (non-hydrogen) atoms. The Morgan fingerprint density at radius 1 is 0.958 bits per heavy atom. The van der Waals surface area contributed by atoms with Crippen LogP contribution in [0.1, 0.15) is 80.1 Å². The largest absolute Gasteiger partial charge is 0.299 e. The van der Waals surface area contributed by atoms with Crippen molar-refractivity contribution in [2.75, 3.05) is 0 Å². The van der Waals surface area contributed by atoms with Crippen molar-refractivity contribution in [3.05, 3.63) is 0 Å². The number of hydrogen-bond donors (Lipinski definition) is 0. The van der Waals surface area contributed by atoms with Crippen LogP contribution in [0.25, 0.3) is 0 Å². The first kappa shape index (κ1) is 19.3. The Morgan fingerprint density at radius 2 is 1.50 bits per heavy atom. The van der Waals surface area contributed by atoms with Gasteiger partial charge in [-0.1, -0.05) is 41.5 Å². The summed E-state index contributed by atoms with van der Waals surface area (Å²) in [5, 5.41) is 0. The van der Waals surface area contributed by atoms with Crippen LogP contribution < -0.4 is 0 Å². The van der Waals surface area contributed by atoms with Crippen molar-refractivity contribution in [1.82, 2.24) is 0 Å². The van der Waals surface area contributed by atoms with Crippen LogP contribution in [-0.4, -0.2) is 17.3 Å². The van der Waals surface area contributed by atoms with Gasteiger partial charge in [-0.05, 0) is 43.4 Å². The van der Waals surface area contributed by atoms with Crippen molar-refractivity contribution in [2.24, 2.45) is 34.5 Å². The highest BCUT2D eigenvalue weighted by Gasteiger charge is 2.47. The van der Waals surface area contributed by atoms with E-state index in [-0.39, 0.29) is 40.2 Å². The molecule has 0 N–H and O–H groups in total. The first-order valence-electron chi connectivity index (χ1n) is 9.52. The van der Waals surface area contributed by atoms with E-state index in [0.717, 1.165) is 25.7 Å². The maximum Gasteiger partial charge on any atom is 0.147 e. The number of hydrogen-bond acceptors (Lipinski definition) is 3. The normalized spacial score (nSPS) is 32.2. The van der Waals surface area contributed by atoms with Gasteiger partial charge in [0.1, 0.15) is 17.3 Å². The minimum Gasteiger partial charge on any atom is -0.299 e. The van der Waals surface area contributed by atoms with Gasteiger partial charge in [-0.25, -0.2) is 0 Å². The van der Waals surface area contributed by atoms with E-state index in [9.17, 15) is 14.4 Å². The zero-order chi connectivity index (χ0) is 18.3. The van der Waals surface area contributed by atoms with E-state index in [1.165, 1.54) is 0 Å². The van der Waals surface area contributed by atoms with Gasteiger partial charge in [-0.2, -0.15) is 0 Å². The van der Waals surface area contributed by atoms with E-state index in [0.29, 0.717) is 24.5 Å². The molecule has 2 saturated carbocycles. The van der Waals surface area contributed by atoms with Gasteiger partial charge in [0, 0.05) is 23.7 Å². The summed E-state index contributed by atoms with van der Waals surface area (Å²) in [5.74, 6) is 0.766. The predicted octanol–water partition coefficient (Wildman–Crippen LogP) is 4.62. The Morgan fingerprint density at radius 3 is 1.92 bits per heavy atom. The molecule has 0 amide bonds. The molecule has 0 heterocycles. The molecule has 3 nitrogen and oxygen atoms in total. The second-order valence-corrected chi connectivity index (χ2v) is 10.1. The van der Waals surface area contributed by atoms with Crippen LogP contribution in [-0.2, 0) is 14.4 Å². The van der Waals surface area contributed by atoms with Crippen molar-refractivity contribution >= 4 is 17.3 Å². The lowest BCUT2D eigenvalue weighted by atomic mass is 9.71. The summed E-state index contributed by atoms with van der Waals surface area (Å²) in [5.41, 5.74) is -0.396. The van der Waals surface area contributed by atoms with Crippen molar-refractivity contribution in [3.8, 4) is 0 Å². The summed E-state index contributed by atoms with van der Waals surface area (Å²) < 4.78 is 0. The third-order valence-electron chi connectivity index (χ3n) is 6.05. The molecular formula is C21H34O3. The molecular weight excluding hydrogens is 300 g/mol. The third kappa shape index (κ3) is 4.15. The minimum atomic E-state index is -0.380. The molecule has 2 aliphatic rings. The standard InChI is InChI=1S/C21H34O3/c1-20(2,3)16-12-17(22)15(18(16)23)11-13-7-9-14(10-8-13)19(24)21(4,5)6/h13-16H,7-12H2,1-6H3. The lowest BCUT2D eigenvalue weighted by molar-refractivity contribution is -0.133. The molecule has 136 valence electrons. The molecule has 2 aliphatic carbocycles. The Balaban J connectivity index is 1.92. The Kier molecular flexibility index (Phi) is 5.42. The molecule has 0 aromatic heterocycles. The summed E-state index contributed by atoms with van der Waals surface area (Å²) >= 11 is 0. The molecule has 2 rings (SSSR count). The van der Waals surface area contributed by atoms with Gasteiger partial charge >= 0.3 is 0 Å². The lowest BCUT2D eigenvalue weighted by Gasteiger charge is -2.32. The average Bonchev–Trinajstić information content (AvgIpc) is 2.74. The number of rotatable bonds is 3. The Hall–Kier alpha value is -0.990. The summed E-state index contributed by atoms with van der Waals surface area (Å²) in [6, 6.07) is 0. The molecule has 0 spiro atoms. The van der Waals surface area contributed by atoms with E-state index in [1.807, 2.05) is 20.8 Å². The summed E-state index contributed by atoms with van der Waals surface area (Å²) in [4.78, 5) is 37.4.